The lowest BCUT2D eigenvalue weighted by molar-refractivity contribution is -0.148. The summed E-state index contributed by atoms with van der Waals surface area (Å²) in [5.41, 5.74) is -0.466. The van der Waals surface area contributed by atoms with Crippen LogP contribution in [0.1, 0.15) is 33.1 Å². The van der Waals surface area contributed by atoms with Crippen LogP contribution in [0.2, 0.25) is 0 Å². The number of hydrogen-bond donors (Lipinski definition) is 1. The Bertz CT molecular complexity index is 239. The molecule has 3 heteroatoms. The minimum absolute atomic E-state index is 0.362. The maximum Gasteiger partial charge on any atom is 0.324 e. The van der Waals surface area contributed by atoms with Crippen LogP contribution in [0.4, 0.5) is 0 Å². The number of aliphatic carboxylic acids is 1. The molecule has 1 saturated heterocycles. The highest BCUT2D eigenvalue weighted by molar-refractivity contribution is 5.83. The zero-order valence-corrected chi connectivity index (χ0v) is 8.29. The number of carboxylic acid groups (broad SMARTS) is 1. The van der Waals surface area contributed by atoms with Gasteiger partial charge >= 0.3 is 5.97 Å². The standard InChI is InChI=1S/C10H17NO2/c1-7(2)11-5-3-4-8-6-10(8,11)9(12)13/h7-8H,3-6H2,1-2H3,(H,12,13)/t8-,10+/m0/s1. The van der Waals surface area contributed by atoms with Gasteiger partial charge < -0.3 is 5.11 Å². The van der Waals surface area contributed by atoms with Crippen molar-refractivity contribution < 1.29 is 9.90 Å². The minimum atomic E-state index is -0.606. The summed E-state index contributed by atoms with van der Waals surface area (Å²) in [5, 5.41) is 9.22. The number of carboxylic acids is 1. The average molecular weight is 183 g/mol. The number of carbonyl (C=O) groups is 1. The molecule has 1 heterocycles. The van der Waals surface area contributed by atoms with Crippen molar-refractivity contribution in [3.05, 3.63) is 0 Å². The molecule has 13 heavy (non-hydrogen) atoms. The van der Waals surface area contributed by atoms with Gasteiger partial charge in [0, 0.05) is 6.04 Å². The van der Waals surface area contributed by atoms with E-state index in [1.807, 2.05) is 0 Å². The first-order valence-corrected chi connectivity index (χ1v) is 5.09. The molecule has 0 aromatic rings. The molecule has 2 atom stereocenters. The van der Waals surface area contributed by atoms with Crippen molar-refractivity contribution in [1.29, 1.82) is 0 Å². The van der Waals surface area contributed by atoms with Gasteiger partial charge in [-0.1, -0.05) is 0 Å². The Balaban J connectivity index is 2.21. The molecule has 0 spiro atoms. The SMILES string of the molecule is CC(C)N1CCC[C@H]2C[C@]21C(=O)O. The van der Waals surface area contributed by atoms with E-state index in [0.717, 1.165) is 25.8 Å². The summed E-state index contributed by atoms with van der Waals surface area (Å²) in [6.07, 6.45) is 3.15. The predicted octanol–water partition coefficient (Wildman–Crippen LogP) is 1.33. The molecule has 0 aromatic carbocycles. The van der Waals surface area contributed by atoms with Crippen molar-refractivity contribution in [2.45, 2.75) is 44.7 Å². The molecule has 0 radical (unpaired) electrons. The van der Waals surface area contributed by atoms with Crippen LogP contribution in [0.3, 0.4) is 0 Å². The van der Waals surface area contributed by atoms with Gasteiger partial charge in [-0.05, 0) is 45.6 Å². The molecule has 0 bridgehead atoms. The number of hydrogen-bond acceptors (Lipinski definition) is 2. The Kier molecular flexibility index (Phi) is 1.88. The Morgan fingerprint density at radius 2 is 2.31 bits per heavy atom. The molecule has 1 aliphatic carbocycles. The number of rotatable bonds is 2. The molecule has 0 aromatic heterocycles. The third kappa shape index (κ3) is 1.10. The molecular formula is C10H17NO2. The van der Waals surface area contributed by atoms with Gasteiger partial charge in [-0.3, -0.25) is 9.69 Å². The van der Waals surface area contributed by atoms with E-state index in [1.165, 1.54) is 0 Å². The molecule has 3 nitrogen and oxygen atoms in total. The lowest BCUT2D eigenvalue weighted by atomic mass is 10.0. The maximum atomic E-state index is 11.2. The molecule has 2 aliphatic rings. The van der Waals surface area contributed by atoms with E-state index in [9.17, 15) is 9.90 Å². The van der Waals surface area contributed by atoms with Gasteiger partial charge in [-0.2, -0.15) is 0 Å². The largest absolute Gasteiger partial charge is 0.480 e. The fraction of sp³-hybridized carbons (Fsp3) is 0.900. The van der Waals surface area contributed by atoms with E-state index in [0.29, 0.717) is 12.0 Å². The van der Waals surface area contributed by atoms with Crippen LogP contribution in [0.5, 0.6) is 0 Å². The second kappa shape index (κ2) is 2.71. The Morgan fingerprint density at radius 1 is 1.62 bits per heavy atom. The van der Waals surface area contributed by atoms with Gasteiger partial charge in [0.1, 0.15) is 5.54 Å². The van der Waals surface area contributed by atoms with E-state index < -0.39 is 11.5 Å². The lowest BCUT2D eigenvalue weighted by Crippen LogP contribution is -2.51. The highest BCUT2D eigenvalue weighted by Gasteiger charge is 2.65. The molecule has 2 fully saturated rings. The highest BCUT2D eigenvalue weighted by Crippen LogP contribution is 2.54. The van der Waals surface area contributed by atoms with E-state index >= 15 is 0 Å². The number of fused-ring (bicyclic) bond motifs is 1. The van der Waals surface area contributed by atoms with E-state index in [4.69, 9.17) is 0 Å². The Hall–Kier alpha value is -0.570. The molecule has 74 valence electrons. The van der Waals surface area contributed by atoms with Crippen molar-refractivity contribution in [3.63, 3.8) is 0 Å². The lowest BCUT2D eigenvalue weighted by Gasteiger charge is -2.36. The summed E-state index contributed by atoms with van der Waals surface area (Å²) >= 11 is 0. The molecular weight excluding hydrogens is 166 g/mol. The van der Waals surface area contributed by atoms with Crippen LogP contribution in [0.25, 0.3) is 0 Å². The summed E-state index contributed by atoms with van der Waals surface area (Å²) in [6.45, 7) is 5.14. The second-order valence-electron chi connectivity index (χ2n) is 4.56. The summed E-state index contributed by atoms with van der Waals surface area (Å²) in [4.78, 5) is 13.4. The van der Waals surface area contributed by atoms with Crippen molar-refractivity contribution in [2.24, 2.45) is 5.92 Å². The second-order valence-corrected chi connectivity index (χ2v) is 4.56. The van der Waals surface area contributed by atoms with E-state index in [1.54, 1.807) is 0 Å². The molecule has 0 unspecified atom stereocenters. The number of piperidine rings is 1. The first-order valence-electron chi connectivity index (χ1n) is 5.09. The normalized spacial score (nSPS) is 38.8. The van der Waals surface area contributed by atoms with Gasteiger partial charge in [0.05, 0.1) is 0 Å². The van der Waals surface area contributed by atoms with Crippen molar-refractivity contribution in [2.75, 3.05) is 6.54 Å². The van der Waals surface area contributed by atoms with E-state index in [2.05, 4.69) is 18.7 Å². The van der Waals surface area contributed by atoms with Gasteiger partial charge in [0.2, 0.25) is 0 Å². The van der Waals surface area contributed by atoms with Gasteiger partial charge in [0.25, 0.3) is 0 Å². The summed E-state index contributed by atoms with van der Waals surface area (Å²) in [5.74, 6) is -0.174. The zero-order chi connectivity index (χ0) is 9.64. The molecule has 1 N–H and O–H groups in total. The average Bonchev–Trinajstić information content (AvgIpc) is 2.77. The molecule has 0 amide bonds. The first kappa shape index (κ1) is 9.00. The van der Waals surface area contributed by atoms with Crippen molar-refractivity contribution in [1.82, 2.24) is 4.90 Å². The first-order chi connectivity index (χ1) is 6.09. The fourth-order valence-corrected chi connectivity index (χ4v) is 2.82. The Labute approximate surface area is 78.7 Å². The predicted molar refractivity (Wildman–Crippen MR) is 49.5 cm³/mol. The maximum absolute atomic E-state index is 11.2. The zero-order valence-electron chi connectivity index (χ0n) is 8.29. The third-order valence-corrected chi connectivity index (χ3v) is 3.53. The summed E-state index contributed by atoms with van der Waals surface area (Å²) in [6, 6.07) is 0.362. The topological polar surface area (TPSA) is 40.5 Å². The number of nitrogens with zero attached hydrogens (tertiary/aromatic N) is 1. The van der Waals surface area contributed by atoms with Crippen LogP contribution in [0, 0.1) is 5.92 Å². The van der Waals surface area contributed by atoms with Gasteiger partial charge in [0.15, 0.2) is 0 Å². The summed E-state index contributed by atoms with van der Waals surface area (Å²) < 4.78 is 0. The van der Waals surface area contributed by atoms with Crippen LogP contribution < -0.4 is 0 Å². The monoisotopic (exact) mass is 183 g/mol. The highest BCUT2D eigenvalue weighted by atomic mass is 16.4. The van der Waals surface area contributed by atoms with Crippen LogP contribution in [-0.2, 0) is 4.79 Å². The van der Waals surface area contributed by atoms with Crippen LogP contribution in [-0.4, -0.2) is 34.1 Å². The fourth-order valence-electron chi connectivity index (χ4n) is 2.82. The smallest absolute Gasteiger partial charge is 0.324 e. The van der Waals surface area contributed by atoms with Crippen LogP contribution in [0.15, 0.2) is 0 Å². The molecule has 2 rings (SSSR count). The third-order valence-electron chi connectivity index (χ3n) is 3.53. The van der Waals surface area contributed by atoms with Crippen LogP contribution >= 0.6 is 0 Å². The van der Waals surface area contributed by atoms with Gasteiger partial charge in [-0.25, -0.2) is 0 Å². The molecule has 1 saturated carbocycles. The minimum Gasteiger partial charge on any atom is -0.480 e. The van der Waals surface area contributed by atoms with Gasteiger partial charge in [-0.15, -0.1) is 0 Å². The summed E-state index contributed by atoms with van der Waals surface area (Å²) in [7, 11) is 0. The molecule has 1 aliphatic heterocycles. The number of likely N-dealkylation sites (tertiary alicyclic amines) is 1. The van der Waals surface area contributed by atoms with Crippen molar-refractivity contribution in [3.8, 4) is 0 Å². The van der Waals surface area contributed by atoms with E-state index in [-0.39, 0.29) is 0 Å². The Morgan fingerprint density at radius 3 is 2.77 bits per heavy atom. The van der Waals surface area contributed by atoms with Crippen molar-refractivity contribution >= 4 is 5.97 Å². The quantitative estimate of drug-likeness (QED) is 0.702.